The predicted molar refractivity (Wildman–Crippen MR) is 130 cm³/mol. The van der Waals surface area contributed by atoms with Crippen molar-refractivity contribution in [3.8, 4) is 0 Å². The lowest BCUT2D eigenvalue weighted by molar-refractivity contribution is 0.685. The van der Waals surface area contributed by atoms with Crippen LogP contribution in [0.2, 0.25) is 0 Å². The maximum Gasteiger partial charge on any atom is 0.191 e. The van der Waals surface area contributed by atoms with E-state index in [0.717, 1.165) is 25.6 Å². The van der Waals surface area contributed by atoms with Crippen molar-refractivity contribution in [1.82, 2.24) is 10.6 Å². The van der Waals surface area contributed by atoms with E-state index in [1.807, 2.05) is 24.9 Å². The molecule has 0 amide bonds. The van der Waals surface area contributed by atoms with Gasteiger partial charge in [0, 0.05) is 43.9 Å². The van der Waals surface area contributed by atoms with E-state index in [-0.39, 0.29) is 30.0 Å². The molecule has 2 aromatic carbocycles. The molecule has 1 aliphatic rings. The van der Waals surface area contributed by atoms with Crippen LogP contribution in [0.15, 0.2) is 59.6 Å². The monoisotopic (exact) mass is 496 g/mol. The number of aliphatic imine (C=N–C) groups is 1. The Morgan fingerprint density at radius 3 is 2.37 bits per heavy atom. The first-order valence-corrected chi connectivity index (χ1v) is 10.4. The van der Waals surface area contributed by atoms with Crippen LogP contribution in [-0.4, -0.2) is 37.6 Å². The largest absolute Gasteiger partial charge is 0.370 e. The molecule has 0 aliphatic carbocycles. The molecule has 0 radical (unpaired) electrons. The van der Waals surface area contributed by atoms with Crippen LogP contribution >= 0.6 is 35.7 Å². The highest BCUT2D eigenvalue weighted by molar-refractivity contribution is 14.0. The molecule has 1 heterocycles. The lowest BCUT2D eigenvalue weighted by Gasteiger charge is -2.28. The Morgan fingerprint density at radius 2 is 1.74 bits per heavy atom. The summed E-state index contributed by atoms with van der Waals surface area (Å²) in [5, 5.41) is 6.85. The number of nitrogens with zero attached hydrogens (tertiary/aromatic N) is 2. The Kier molecular flexibility index (Phi) is 9.27. The molecule has 1 fully saturated rings. The number of benzene rings is 2. The van der Waals surface area contributed by atoms with Crippen LogP contribution in [0.25, 0.3) is 0 Å². The Labute approximate surface area is 184 Å². The number of thioether (sulfide) groups is 1. The molecular formula is C21H29IN4S. The molecule has 146 valence electrons. The summed E-state index contributed by atoms with van der Waals surface area (Å²) in [5.74, 6) is 3.27. The molecule has 0 spiro atoms. The Morgan fingerprint density at radius 1 is 1.07 bits per heavy atom. The second-order valence-corrected chi connectivity index (χ2v) is 7.69. The van der Waals surface area contributed by atoms with Gasteiger partial charge in [-0.2, -0.15) is 11.8 Å². The Balaban J connectivity index is 0.00000261. The van der Waals surface area contributed by atoms with Gasteiger partial charge in [0.05, 0.1) is 6.04 Å². The molecule has 2 N–H and O–H groups in total. The summed E-state index contributed by atoms with van der Waals surface area (Å²) >= 11 is 2.04. The van der Waals surface area contributed by atoms with E-state index in [2.05, 4.69) is 76.0 Å². The summed E-state index contributed by atoms with van der Waals surface area (Å²) < 4.78 is 0. The van der Waals surface area contributed by atoms with Gasteiger partial charge in [0.25, 0.3) is 0 Å². The molecule has 1 atom stereocenters. The van der Waals surface area contributed by atoms with E-state index in [4.69, 9.17) is 0 Å². The molecule has 2 aromatic rings. The van der Waals surface area contributed by atoms with Gasteiger partial charge in [0.2, 0.25) is 0 Å². The molecule has 4 nitrogen and oxygen atoms in total. The minimum absolute atomic E-state index is 0. The lowest BCUT2D eigenvalue weighted by atomic mass is 10.1. The van der Waals surface area contributed by atoms with E-state index in [1.54, 1.807) is 0 Å². The number of nitrogens with one attached hydrogen (secondary N) is 2. The van der Waals surface area contributed by atoms with Crippen LogP contribution in [0.5, 0.6) is 0 Å². The van der Waals surface area contributed by atoms with Crippen molar-refractivity contribution < 1.29 is 0 Å². The van der Waals surface area contributed by atoms with Gasteiger partial charge in [-0.3, -0.25) is 4.99 Å². The molecule has 0 bridgehead atoms. The van der Waals surface area contributed by atoms with Crippen molar-refractivity contribution in [2.24, 2.45) is 4.99 Å². The van der Waals surface area contributed by atoms with E-state index in [9.17, 15) is 0 Å². The number of hydrogen-bond donors (Lipinski definition) is 2. The normalized spacial score (nSPS) is 15.6. The summed E-state index contributed by atoms with van der Waals surface area (Å²) in [6.45, 7) is 5.21. The van der Waals surface area contributed by atoms with E-state index in [0.29, 0.717) is 0 Å². The van der Waals surface area contributed by atoms with Crippen LogP contribution in [0.3, 0.4) is 0 Å². The Bertz CT molecular complexity index is 700. The molecular weight excluding hydrogens is 467 g/mol. The summed E-state index contributed by atoms with van der Waals surface area (Å²) in [4.78, 5) is 6.81. The molecule has 6 heteroatoms. The fraction of sp³-hybridized carbons (Fsp3) is 0.381. The number of rotatable bonds is 5. The van der Waals surface area contributed by atoms with Gasteiger partial charge in [-0.25, -0.2) is 0 Å². The van der Waals surface area contributed by atoms with Crippen molar-refractivity contribution >= 4 is 47.4 Å². The maximum atomic E-state index is 4.34. The highest BCUT2D eigenvalue weighted by atomic mass is 127. The number of hydrogen-bond acceptors (Lipinski definition) is 3. The molecule has 3 rings (SSSR count). The van der Waals surface area contributed by atoms with E-state index in [1.165, 1.54) is 28.3 Å². The number of anilines is 1. The zero-order valence-corrected chi connectivity index (χ0v) is 19.2. The summed E-state index contributed by atoms with van der Waals surface area (Å²) in [5.41, 5.74) is 3.84. The standard InChI is InChI=1S/C21H28N4S.HI/c1-17(19-6-4-3-5-7-19)24-21(22-2)23-16-18-8-10-20(11-9-18)25-12-14-26-15-13-25;/h3-11,17H,12-16H2,1-2H3,(H2,22,23,24);1H. The van der Waals surface area contributed by atoms with Crippen molar-refractivity contribution in [1.29, 1.82) is 0 Å². The van der Waals surface area contributed by atoms with Crippen LogP contribution < -0.4 is 15.5 Å². The van der Waals surface area contributed by atoms with E-state index >= 15 is 0 Å². The van der Waals surface area contributed by atoms with Gasteiger partial charge in [-0.05, 0) is 30.2 Å². The first-order chi connectivity index (χ1) is 12.8. The minimum Gasteiger partial charge on any atom is -0.370 e. The third-order valence-corrected chi connectivity index (χ3v) is 5.59. The van der Waals surface area contributed by atoms with Gasteiger partial charge in [0.15, 0.2) is 5.96 Å². The van der Waals surface area contributed by atoms with Gasteiger partial charge in [-0.1, -0.05) is 42.5 Å². The van der Waals surface area contributed by atoms with Gasteiger partial charge < -0.3 is 15.5 Å². The van der Waals surface area contributed by atoms with Crippen LogP contribution in [0.4, 0.5) is 5.69 Å². The third kappa shape index (κ3) is 6.60. The zero-order valence-electron chi connectivity index (χ0n) is 16.0. The summed E-state index contributed by atoms with van der Waals surface area (Å²) in [6.07, 6.45) is 0. The molecule has 0 aromatic heterocycles. The predicted octanol–water partition coefficient (Wildman–Crippen LogP) is 4.28. The first kappa shape index (κ1) is 21.9. The molecule has 1 saturated heterocycles. The highest BCUT2D eigenvalue weighted by Crippen LogP contribution is 2.19. The van der Waals surface area contributed by atoms with Gasteiger partial charge >= 0.3 is 0 Å². The average molecular weight is 496 g/mol. The van der Waals surface area contributed by atoms with Gasteiger partial charge in [0.1, 0.15) is 0 Å². The second kappa shape index (κ2) is 11.4. The fourth-order valence-corrected chi connectivity index (χ4v) is 3.96. The topological polar surface area (TPSA) is 39.7 Å². The smallest absolute Gasteiger partial charge is 0.191 e. The summed E-state index contributed by atoms with van der Waals surface area (Å²) in [6, 6.07) is 19.5. The zero-order chi connectivity index (χ0) is 18.2. The number of guanidine groups is 1. The first-order valence-electron chi connectivity index (χ1n) is 9.20. The Hall–Kier alpha value is -1.41. The van der Waals surface area contributed by atoms with Gasteiger partial charge in [-0.15, -0.1) is 24.0 Å². The quantitative estimate of drug-likeness (QED) is 0.368. The van der Waals surface area contributed by atoms with Crippen LogP contribution in [0.1, 0.15) is 24.1 Å². The molecule has 27 heavy (non-hydrogen) atoms. The average Bonchev–Trinajstić information content (AvgIpc) is 2.72. The van der Waals surface area contributed by atoms with Crippen LogP contribution in [0, 0.1) is 0 Å². The second-order valence-electron chi connectivity index (χ2n) is 6.47. The van der Waals surface area contributed by atoms with Crippen LogP contribution in [-0.2, 0) is 6.54 Å². The highest BCUT2D eigenvalue weighted by Gasteiger charge is 2.11. The van der Waals surface area contributed by atoms with E-state index < -0.39 is 0 Å². The lowest BCUT2D eigenvalue weighted by Crippen LogP contribution is -2.38. The van der Waals surface area contributed by atoms with Crippen molar-refractivity contribution in [2.45, 2.75) is 19.5 Å². The maximum absolute atomic E-state index is 4.34. The SMILES string of the molecule is CN=C(NCc1ccc(N2CCSCC2)cc1)NC(C)c1ccccc1.I. The molecule has 1 aliphatic heterocycles. The molecule has 1 unspecified atom stereocenters. The van der Waals surface area contributed by atoms with Crippen molar-refractivity contribution in [2.75, 3.05) is 36.5 Å². The molecule has 0 saturated carbocycles. The minimum atomic E-state index is 0. The third-order valence-electron chi connectivity index (χ3n) is 4.65. The van der Waals surface area contributed by atoms with Crippen molar-refractivity contribution in [3.63, 3.8) is 0 Å². The fourth-order valence-electron chi connectivity index (χ4n) is 3.06. The summed E-state index contributed by atoms with van der Waals surface area (Å²) in [7, 11) is 1.81. The number of halogens is 1. The van der Waals surface area contributed by atoms with Crippen molar-refractivity contribution in [3.05, 3.63) is 65.7 Å².